The van der Waals surface area contributed by atoms with Crippen molar-refractivity contribution in [3.8, 4) is 17.2 Å². The zero-order valence-corrected chi connectivity index (χ0v) is 15.8. The van der Waals surface area contributed by atoms with Gasteiger partial charge in [-0.25, -0.2) is 4.98 Å². The van der Waals surface area contributed by atoms with Gasteiger partial charge in [0.2, 0.25) is 5.89 Å². The fourth-order valence-corrected chi connectivity index (χ4v) is 3.57. The Kier molecular flexibility index (Phi) is 5.40. The molecule has 0 bridgehead atoms. The molecular formula is C19H12ClF2N3O2S. The van der Waals surface area contributed by atoms with E-state index in [1.807, 2.05) is 30.3 Å². The van der Waals surface area contributed by atoms with Crippen LogP contribution in [0.3, 0.4) is 0 Å². The molecular weight excluding hydrogens is 408 g/mol. The number of ether oxygens (including phenoxy) is 1. The first-order chi connectivity index (χ1) is 13.6. The van der Waals surface area contributed by atoms with Crippen LogP contribution in [0.1, 0.15) is 5.56 Å². The molecule has 0 aliphatic rings. The third kappa shape index (κ3) is 4.23. The van der Waals surface area contributed by atoms with E-state index in [-0.39, 0.29) is 11.6 Å². The van der Waals surface area contributed by atoms with Gasteiger partial charge in [-0.2, -0.15) is 8.78 Å². The van der Waals surface area contributed by atoms with Gasteiger partial charge in [0.15, 0.2) is 0 Å². The van der Waals surface area contributed by atoms with Gasteiger partial charge in [0, 0.05) is 22.3 Å². The lowest BCUT2D eigenvalue weighted by molar-refractivity contribution is -0.0498. The molecule has 2 heterocycles. The number of rotatable bonds is 6. The molecule has 2 aromatic heterocycles. The van der Waals surface area contributed by atoms with Crippen molar-refractivity contribution in [3.63, 3.8) is 0 Å². The molecule has 0 unspecified atom stereocenters. The van der Waals surface area contributed by atoms with Gasteiger partial charge in [-0.05, 0) is 36.4 Å². The van der Waals surface area contributed by atoms with E-state index < -0.39 is 6.61 Å². The summed E-state index contributed by atoms with van der Waals surface area (Å²) in [6, 6.07) is 15.7. The third-order valence-corrected chi connectivity index (χ3v) is 5.03. The van der Waals surface area contributed by atoms with Gasteiger partial charge >= 0.3 is 6.61 Å². The Balaban J connectivity index is 1.46. The average Bonchev–Trinajstić information content (AvgIpc) is 3.15. The van der Waals surface area contributed by atoms with E-state index >= 15 is 0 Å². The van der Waals surface area contributed by atoms with Crippen molar-refractivity contribution in [2.45, 2.75) is 17.6 Å². The van der Waals surface area contributed by atoms with Crippen molar-refractivity contribution in [1.82, 2.24) is 15.2 Å². The molecule has 4 rings (SSSR count). The summed E-state index contributed by atoms with van der Waals surface area (Å²) in [6.07, 6.45) is 0. The Bertz CT molecular complexity index is 1110. The van der Waals surface area contributed by atoms with E-state index in [1.54, 1.807) is 12.1 Å². The summed E-state index contributed by atoms with van der Waals surface area (Å²) in [6.45, 7) is -2.87. The van der Waals surface area contributed by atoms with E-state index in [0.29, 0.717) is 21.7 Å². The number of fused-ring (bicyclic) bond motifs is 1. The van der Waals surface area contributed by atoms with Gasteiger partial charge in [0.05, 0.1) is 5.52 Å². The standard InChI is InChI=1S/C19H12ClF2N3O2S/c20-16-13(9-12-3-1-2-4-15(12)23-16)10-28-19-25-24-17(27-19)11-5-7-14(8-6-11)26-18(21)22/h1-9,18H,10H2. The van der Waals surface area contributed by atoms with Crippen LogP contribution in [0.4, 0.5) is 8.78 Å². The number of para-hydroxylation sites is 1. The molecule has 0 N–H and O–H groups in total. The van der Waals surface area contributed by atoms with E-state index in [9.17, 15) is 8.78 Å². The highest BCUT2D eigenvalue weighted by Gasteiger charge is 2.12. The molecule has 142 valence electrons. The summed E-state index contributed by atoms with van der Waals surface area (Å²) in [5.41, 5.74) is 2.30. The number of nitrogens with zero attached hydrogens (tertiary/aromatic N) is 3. The summed E-state index contributed by atoms with van der Waals surface area (Å²) in [4.78, 5) is 4.39. The molecule has 2 aromatic carbocycles. The SMILES string of the molecule is FC(F)Oc1ccc(-c2nnc(SCc3cc4ccccc4nc3Cl)o2)cc1. The van der Waals surface area contributed by atoms with Crippen LogP contribution in [-0.2, 0) is 5.75 Å². The van der Waals surface area contributed by atoms with Gasteiger partial charge in [0.25, 0.3) is 5.22 Å². The zero-order chi connectivity index (χ0) is 19.5. The maximum absolute atomic E-state index is 12.2. The van der Waals surface area contributed by atoms with Crippen molar-refractivity contribution in [2.75, 3.05) is 0 Å². The van der Waals surface area contributed by atoms with Gasteiger partial charge < -0.3 is 9.15 Å². The lowest BCUT2D eigenvalue weighted by Crippen LogP contribution is -2.01. The number of aromatic nitrogens is 3. The van der Waals surface area contributed by atoms with E-state index in [1.165, 1.54) is 23.9 Å². The molecule has 28 heavy (non-hydrogen) atoms. The van der Waals surface area contributed by atoms with Crippen LogP contribution in [0.2, 0.25) is 5.15 Å². The van der Waals surface area contributed by atoms with E-state index in [4.69, 9.17) is 16.0 Å². The molecule has 5 nitrogen and oxygen atoms in total. The van der Waals surface area contributed by atoms with Crippen LogP contribution >= 0.6 is 23.4 Å². The molecule has 0 spiro atoms. The largest absolute Gasteiger partial charge is 0.435 e. The maximum atomic E-state index is 12.2. The van der Waals surface area contributed by atoms with Crippen LogP contribution in [0.25, 0.3) is 22.4 Å². The summed E-state index contributed by atoms with van der Waals surface area (Å²) in [5.74, 6) is 0.861. The van der Waals surface area contributed by atoms with Crippen LogP contribution in [-0.4, -0.2) is 21.8 Å². The molecule has 0 radical (unpaired) electrons. The molecule has 0 aliphatic carbocycles. The Morgan fingerprint density at radius 1 is 1.07 bits per heavy atom. The number of hydrogen-bond acceptors (Lipinski definition) is 6. The van der Waals surface area contributed by atoms with E-state index in [0.717, 1.165) is 16.5 Å². The van der Waals surface area contributed by atoms with E-state index in [2.05, 4.69) is 19.9 Å². The lowest BCUT2D eigenvalue weighted by atomic mass is 10.2. The fraction of sp³-hybridized carbons (Fsp3) is 0.105. The fourth-order valence-electron chi connectivity index (χ4n) is 2.54. The molecule has 0 amide bonds. The highest BCUT2D eigenvalue weighted by Crippen LogP contribution is 2.30. The number of pyridine rings is 1. The van der Waals surface area contributed by atoms with Gasteiger partial charge in [-0.1, -0.05) is 41.6 Å². The second-order valence-corrected chi connectivity index (χ2v) is 6.98. The predicted molar refractivity (Wildman–Crippen MR) is 103 cm³/mol. The molecule has 9 heteroatoms. The summed E-state index contributed by atoms with van der Waals surface area (Å²) in [5, 5.41) is 9.79. The number of thioether (sulfide) groups is 1. The number of hydrogen-bond donors (Lipinski definition) is 0. The third-order valence-electron chi connectivity index (χ3n) is 3.83. The predicted octanol–water partition coefficient (Wildman–Crippen LogP) is 5.83. The summed E-state index contributed by atoms with van der Waals surface area (Å²) in [7, 11) is 0. The van der Waals surface area contributed by atoms with Crippen LogP contribution in [0.5, 0.6) is 5.75 Å². The van der Waals surface area contributed by atoms with Crippen LogP contribution in [0.15, 0.2) is 64.2 Å². The Labute approximate surface area is 167 Å². The van der Waals surface area contributed by atoms with Gasteiger partial charge in [-0.15, -0.1) is 10.2 Å². The van der Waals surface area contributed by atoms with Crippen LogP contribution in [0, 0.1) is 0 Å². The second-order valence-electron chi connectivity index (χ2n) is 5.70. The maximum Gasteiger partial charge on any atom is 0.387 e. The first-order valence-corrected chi connectivity index (χ1v) is 9.50. The Morgan fingerprint density at radius 3 is 2.64 bits per heavy atom. The average molecular weight is 420 g/mol. The molecule has 0 saturated carbocycles. The van der Waals surface area contributed by atoms with Crippen LogP contribution < -0.4 is 4.74 Å². The Hall–Kier alpha value is -2.71. The highest BCUT2D eigenvalue weighted by atomic mass is 35.5. The summed E-state index contributed by atoms with van der Waals surface area (Å²) >= 11 is 7.60. The molecule has 0 fully saturated rings. The first-order valence-electron chi connectivity index (χ1n) is 8.14. The number of benzene rings is 2. The lowest BCUT2D eigenvalue weighted by Gasteiger charge is -2.04. The monoisotopic (exact) mass is 419 g/mol. The first kappa shape index (κ1) is 18.6. The van der Waals surface area contributed by atoms with Gasteiger partial charge in [0.1, 0.15) is 10.9 Å². The van der Waals surface area contributed by atoms with Crippen molar-refractivity contribution in [2.24, 2.45) is 0 Å². The van der Waals surface area contributed by atoms with Crippen molar-refractivity contribution in [3.05, 3.63) is 65.3 Å². The normalized spacial score (nSPS) is 11.3. The summed E-state index contributed by atoms with van der Waals surface area (Å²) < 4.78 is 34.4. The topological polar surface area (TPSA) is 61.0 Å². The highest BCUT2D eigenvalue weighted by molar-refractivity contribution is 7.98. The molecule has 0 atom stereocenters. The minimum absolute atomic E-state index is 0.0614. The van der Waals surface area contributed by atoms with Crippen molar-refractivity contribution < 1.29 is 17.9 Å². The molecule has 0 aliphatic heterocycles. The minimum atomic E-state index is -2.87. The second kappa shape index (κ2) is 8.12. The van der Waals surface area contributed by atoms with Gasteiger partial charge in [-0.3, -0.25) is 0 Å². The van der Waals surface area contributed by atoms with Crippen molar-refractivity contribution >= 4 is 34.3 Å². The van der Waals surface area contributed by atoms with Crippen molar-refractivity contribution in [1.29, 1.82) is 0 Å². The smallest absolute Gasteiger partial charge is 0.387 e. The minimum Gasteiger partial charge on any atom is -0.435 e. The number of alkyl halides is 2. The molecule has 4 aromatic rings. The zero-order valence-electron chi connectivity index (χ0n) is 14.2. The number of halogens is 3. The Morgan fingerprint density at radius 2 is 1.86 bits per heavy atom. The molecule has 0 saturated heterocycles. The quantitative estimate of drug-likeness (QED) is 0.289.